The Labute approximate surface area is 141 Å². The van der Waals surface area contributed by atoms with Crippen LogP contribution in [0.25, 0.3) is 0 Å². The van der Waals surface area contributed by atoms with Crippen LogP contribution >= 0.6 is 0 Å². The number of unbranched alkanes of at least 4 members (excludes halogenated alkanes) is 2. The second-order valence-corrected chi connectivity index (χ2v) is 7.35. The van der Waals surface area contributed by atoms with E-state index in [-0.39, 0.29) is 5.41 Å². The topological polar surface area (TPSA) is 26.0 Å². The zero-order chi connectivity index (χ0) is 16.7. The van der Waals surface area contributed by atoms with E-state index < -0.39 is 0 Å². The molecule has 2 aromatic rings. The average molecular weight is 309 g/mol. The smallest absolute Gasteiger partial charge is 0.0314 e. The summed E-state index contributed by atoms with van der Waals surface area (Å²) < 4.78 is 0. The molecule has 1 atom stereocenters. The highest BCUT2D eigenvalue weighted by atomic mass is 14.5. The van der Waals surface area contributed by atoms with E-state index in [0.29, 0.717) is 5.92 Å². The zero-order valence-electron chi connectivity index (χ0n) is 14.9. The highest BCUT2D eigenvalue weighted by Gasteiger charge is 2.30. The van der Waals surface area contributed by atoms with Crippen molar-refractivity contribution in [2.75, 3.05) is 5.73 Å². The molecule has 2 rings (SSSR count). The molecule has 0 fully saturated rings. The summed E-state index contributed by atoms with van der Waals surface area (Å²) in [5.74, 6) is 0.532. The fourth-order valence-corrected chi connectivity index (χ4v) is 3.42. The first-order valence-corrected chi connectivity index (χ1v) is 8.92. The lowest BCUT2D eigenvalue weighted by atomic mass is 9.69. The molecule has 0 aliphatic carbocycles. The molecule has 0 aromatic heterocycles. The summed E-state index contributed by atoms with van der Waals surface area (Å²) in [6.45, 7) is 7.13. The Morgan fingerprint density at radius 3 is 2.17 bits per heavy atom. The van der Waals surface area contributed by atoms with Crippen LogP contribution in [0.1, 0.15) is 63.5 Å². The van der Waals surface area contributed by atoms with Crippen molar-refractivity contribution in [3.05, 3.63) is 65.7 Å². The first kappa shape index (κ1) is 17.6. The minimum Gasteiger partial charge on any atom is -0.399 e. The lowest BCUT2D eigenvalue weighted by Gasteiger charge is -2.35. The number of hydrogen-bond acceptors (Lipinski definition) is 1. The number of nitrogens with two attached hydrogens (primary N) is 1. The van der Waals surface area contributed by atoms with Gasteiger partial charge in [-0.25, -0.2) is 0 Å². The van der Waals surface area contributed by atoms with Gasteiger partial charge in [-0.1, -0.05) is 82.5 Å². The second kappa shape index (κ2) is 8.19. The van der Waals surface area contributed by atoms with Crippen LogP contribution in [-0.2, 0) is 6.42 Å². The third kappa shape index (κ3) is 5.13. The molecule has 0 bridgehead atoms. The predicted octanol–water partition coefficient (Wildman–Crippen LogP) is 6.20. The Morgan fingerprint density at radius 2 is 1.57 bits per heavy atom. The van der Waals surface area contributed by atoms with Crippen LogP contribution in [0.3, 0.4) is 0 Å². The average Bonchev–Trinajstić information content (AvgIpc) is 2.55. The standard InChI is InChI=1S/C22H31N/c1-4-5-9-16-22(2,3)21(19-10-7-6-8-11-19)17-18-12-14-20(23)15-13-18/h6-8,10-15,21H,4-5,9,16-17,23H2,1-3H3. The van der Waals surface area contributed by atoms with Crippen LogP contribution in [0.5, 0.6) is 0 Å². The van der Waals surface area contributed by atoms with E-state index in [9.17, 15) is 0 Å². The molecule has 23 heavy (non-hydrogen) atoms. The van der Waals surface area contributed by atoms with Crippen molar-refractivity contribution in [3.63, 3.8) is 0 Å². The highest BCUT2D eigenvalue weighted by molar-refractivity contribution is 5.40. The van der Waals surface area contributed by atoms with E-state index >= 15 is 0 Å². The molecule has 1 unspecified atom stereocenters. The summed E-state index contributed by atoms with van der Waals surface area (Å²) >= 11 is 0. The number of hydrogen-bond donors (Lipinski definition) is 1. The molecule has 0 aliphatic rings. The molecule has 0 aliphatic heterocycles. The number of anilines is 1. The summed E-state index contributed by atoms with van der Waals surface area (Å²) in [7, 11) is 0. The fourth-order valence-electron chi connectivity index (χ4n) is 3.42. The minimum atomic E-state index is 0.290. The molecular formula is C22H31N. The molecule has 124 valence electrons. The Bertz CT molecular complexity index is 569. The molecule has 2 aromatic carbocycles. The third-order valence-corrected chi connectivity index (χ3v) is 4.99. The van der Waals surface area contributed by atoms with Gasteiger partial charge in [0.05, 0.1) is 0 Å². The SMILES string of the molecule is CCCCCC(C)(C)C(Cc1ccc(N)cc1)c1ccccc1. The van der Waals surface area contributed by atoms with Gasteiger partial charge in [-0.15, -0.1) is 0 Å². The van der Waals surface area contributed by atoms with Crippen molar-refractivity contribution >= 4 is 5.69 Å². The first-order chi connectivity index (χ1) is 11.0. The molecule has 1 heteroatoms. The maximum absolute atomic E-state index is 5.84. The lowest BCUT2D eigenvalue weighted by molar-refractivity contribution is 0.250. The number of rotatable bonds is 8. The van der Waals surface area contributed by atoms with Gasteiger partial charge in [-0.3, -0.25) is 0 Å². The number of benzene rings is 2. The van der Waals surface area contributed by atoms with Gasteiger partial charge < -0.3 is 5.73 Å². The molecule has 0 saturated heterocycles. The van der Waals surface area contributed by atoms with E-state index in [1.54, 1.807) is 0 Å². The summed E-state index contributed by atoms with van der Waals surface area (Å²) in [4.78, 5) is 0. The lowest BCUT2D eigenvalue weighted by Crippen LogP contribution is -2.24. The van der Waals surface area contributed by atoms with Gasteiger partial charge in [0.2, 0.25) is 0 Å². The second-order valence-electron chi connectivity index (χ2n) is 7.35. The van der Waals surface area contributed by atoms with E-state index in [1.165, 1.54) is 36.8 Å². The molecule has 0 radical (unpaired) electrons. The van der Waals surface area contributed by atoms with E-state index in [2.05, 4.69) is 63.2 Å². The summed E-state index contributed by atoms with van der Waals surface area (Å²) in [5.41, 5.74) is 9.79. The Balaban J connectivity index is 2.22. The van der Waals surface area contributed by atoms with Crippen LogP contribution < -0.4 is 5.73 Å². The van der Waals surface area contributed by atoms with Crippen molar-refractivity contribution in [3.8, 4) is 0 Å². The van der Waals surface area contributed by atoms with Gasteiger partial charge in [-0.05, 0) is 47.4 Å². The van der Waals surface area contributed by atoms with Crippen molar-refractivity contribution in [2.24, 2.45) is 5.41 Å². The monoisotopic (exact) mass is 309 g/mol. The minimum absolute atomic E-state index is 0.290. The summed E-state index contributed by atoms with van der Waals surface area (Å²) in [6.07, 6.45) is 6.27. The fraction of sp³-hybridized carbons (Fsp3) is 0.455. The normalized spacial score (nSPS) is 13.0. The van der Waals surface area contributed by atoms with Gasteiger partial charge in [0.25, 0.3) is 0 Å². The van der Waals surface area contributed by atoms with E-state index in [0.717, 1.165) is 12.1 Å². The summed E-state index contributed by atoms with van der Waals surface area (Å²) in [6, 6.07) is 19.4. The maximum atomic E-state index is 5.84. The van der Waals surface area contributed by atoms with Gasteiger partial charge in [-0.2, -0.15) is 0 Å². The molecule has 1 nitrogen and oxygen atoms in total. The molecule has 2 N–H and O–H groups in total. The van der Waals surface area contributed by atoms with Gasteiger partial charge in [0.15, 0.2) is 0 Å². The van der Waals surface area contributed by atoms with Crippen molar-refractivity contribution < 1.29 is 0 Å². The summed E-state index contributed by atoms with van der Waals surface area (Å²) in [5, 5.41) is 0. The Hall–Kier alpha value is -1.76. The zero-order valence-corrected chi connectivity index (χ0v) is 14.9. The van der Waals surface area contributed by atoms with Crippen LogP contribution in [0.4, 0.5) is 5.69 Å². The Morgan fingerprint density at radius 1 is 0.913 bits per heavy atom. The van der Waals surface area contributed by atoms with Crippen molar-refractivity contribution in [2.45, 2.75) is 58.8 Å². The van der Waals surface area contributed by atoms with Gasteiger partial charge in [0, 0.05) is 5.69 Å². The third-order valence-electron chi connectivity index (χ3n) is 4.99. The predicted molar refractivity (Wildman–Crippen MR) is 102 cm³/mol. The Kier molecular flexibility index (Phi) is 6.27. The first-order valence-electron chi connectivity index (χ1n) is 8.92. The van der Waals surface area contributed by atoms with Crippen molar-refractivity contribution in [1.82, 2.24) is 0 Å². The molecule has 0 heterocycles. The molecule has 0 spiro atoms. The maximum Gasteiger partial charge on any atom is 0.0314 e. The van der Waals surface area contributed by atoms with E-state index in [1.807, 2.05) is 12.1 Å². The van der Waals surface area contributed by atoms with Gasteiger partial charge in [0.1, 0.15) is 0 Å². The van der Waals surface area contributed by atoms with Crippen LogP contribution in [0, 0.1) is 5.41 Å². The van der Waals surface area contributed by atoms with E-state index in [4.69, 9.17) is 5.73 Å². The highest BCUT2D eigenvalue weighted by Crippen LogP contribution is 2.42. The van der Waals surface area contributed by atoms with Gasteiger partial charge >= 0.3 is 0 Å². The van der Waals surface area contributed by atoms with Crippen LogP contribution in [0.15, 0.2) is 54.6 Å². The molecular weight excluding hydrogens is 278 g/mol. The number of nitrogen functional groups attached to an aromatic ring is 1. The van der Waals surface area contributed by atoms with Crippen LogP contribution in [0.2, 0.25) is 0 Å². The largest absolute Gasteiger partial charge is 0.399 e. The quantitative estimate of drug-likeness (QED) is 0.456. The van der Waals surface area contributed by atoms with Crippen LogP contribution in [-0.4, -0.2) is 0 Å². The van der Waals surface area contributed by atoms with Crippen molar-refractivity contribution in [1.29, 1.82) is 0 Å². The molecule has 0 amide bonds. The molecule has 0 saturated carbocycles.